The topological polar surface area (TPSA) is 72.2 Å². The first kappa shape index (κ1) is 12.1. The Hall–Kier alpha value is -2.95. The molecule has 0 unspecified atom stereocenters. The average Bonchev–Trinajstić information content (AvgIpc) is 2.48. The fourth-order valence-electron chi connectivity index (χ4n) is 2.16. The molecule has 1 aromatic heterocycles. The second-order valence-corrected chi connectivity index (χ2v) is 4.26. The monoisotopic (exact) mass is 266 g/mol. The number of carboxylic acid groups (broad SMARTS) is 1. The van der Waals surface area contributed by atoms with Gasteiger partial charge in [-0.2, -0.15) is 4.98 Å². The van der Waals surface area contributed by atoms with Crippen molar-refractivity contribution in [3.8, 4) is 5.69 Å². The molecule has 0 aliphatic carbocycles. The van der Waals surface area contributed by atoms with Gasteiger partial charge in [-0.3, -0.25) is 9.36 Å². The first-order valence-corrected chi connectivity index (χ1v) is 5.97. The molecule has 98 valence electrons. The Morgan fingerprint density at radius 1 is 1.05 bits per heavy atom. The Kier molecular flexibility index (Phi) is 2.80. The molecule has 1 heterocycles. The third-order valence-corrected chi connectivity index (χ3v) is 3.08. The summed E-state index contributed by atoms with van der Waals surface area (Å²) in [5, 5.41) is 9.71. The minimum absolute atomic E-state index is 0.156. The van der Waals surface area contributed by atoms with Crippen LogP contribution in [0.15, 0.2) is 59.7 Å². The molecule has 20 heavy (non-hydrogen) atoms. The van der Waals surface area contributed by atoms with Gasteiger partial charge < -0.3 is 5.11 Å². The Labute approximate surface area is 113 Å². The van der Waals surface area contributed by atoms with Crippen molar-refractivity contribution in [1.82, 2.24) is 9.55 Å². The van der Waals surface area contributed by atoms with Crippen LogP contribution in [0.5, 0.6) is 0 Å². The van der Waals surface area contributed by atoms with Crippen LogP contribution in [0.4, 0.5) is 0 Å². The minimum atomic E-state index is -1.02. The molecule has 0 aliphatic rings. The van der Waals surface area contributed by atoms with E-state index in [1.807, 2.05) is 0 Å². The van der Waals surface area contributed by atoms with Gasteiger partial charge in [0.1, 0.15) is 6.33 Å². The molecular weight excluding hydrogens is 256 g/mol. The molecule has 0 amide bonds. The van der Waals surface area contributed by atoms with Crippen molar-refractivity contribution in [3.05, 3.63) is 70.8 Å². The maximum atomic E-state index is 11.7. The Morgan fingerprint density at radius 3 is 2.55 bits per heavy atom. The molecule has 0 atom stereocenters. The number of carboxylic acids is 1. The lowest BCUT2D eigenvalue weighted by Crippen LogP contribution is -2.13. The number of hydrogen-bond donors (Lipinski definition) is 1. The average molecular weight is 266 g/mol. The lowest BCUT2D eigenvalue weighted by molar-refractivity contribution is 0.0697. The smallest absolute Gasteiger partial charge is 0.337 e. The molecule has 0 bridgehead atoms. The van der Waals surface area contributed by atoms with Crippen LogP contribution < -0.4 is 5.56 Å². The Morgan fingerprint density at radius 2 is 1.75 bits per heavy atom. The quantitative estimate of drug-likeness (QED) is 0.770. The van der Waals surface area contributed by atoms with Crippen LogP contribution in [0.3, 0.4) is 0 Å². The van der Waals surface area contributed by atoms with E-state index >= 15 is 0 Å². The maximum Gasteiger partial charge on any atom is 0.337 e. The second-order valence-electron chi connectivity index (χ2n) is 4.26. The first-order valence-electron chi connectivity index (χ1n) is 5.97. The van der Waals surface area contributed by atoms with Crippen LogP contribution in [-0.4, -0.2) is 20.6 Å². The molecule has 0 radical (unpaired) electrons. The maximum absolute atomic E-state index is 11.7. The predicted molar refractivity (Wildman–Crippen MR) is 74.3 cm³/mol. The zero-order chi connectivity index (χ0) is 14.1. The summed E-state index contributed by atoms with van der Waals surface area (Å²) in [7, 11) is 0. The standard InChI is InChI=1S/C15H10N2O3/c18-14-10-5-1-3-7-12(10)17(9-16-14)13-8-4-2-6-11(13)15(19)20/h1-9H,(H,19,20). The molecule has 5 nitrogen and oxygen atoms in total. The number of nitrogens with zero attached hydrogens (tertiary/aromatic N) is 2. The van der Waals surface area contributed by atoms with Crippen molar-refractivity contribution >= 4 is 16.9 Å². The molecule has 3 rings (SSSR count). The summed E-state index contributed by atoms with van der Waals surface area (Å²) >= 11 is 0. The van der Waals surface area contributed by atoms with Crippen molar-refractivity contribution in [1.29, 1.82) is 0 Å². The van der Waals surface area contributed by atoms with E-state index in [4.69, 9.17) is 0 Å². The molecule has 5 heteroatoms. The van der Waals surface area contributed by atoms with Crippen molar-refractivity contribution in [3.63, 3.8) is 0 Å². The van der Waals surface area contributed by atoms with E-state index in [0.29, 0.717) is 16.6 Å². The summed E-state index contributed by atoms with van der Waals surface area (Å²) in [6.45, 7) is 0. The summed E-state index contributed by atoms with van der Waals surface area (Å²) < 4.78 is 1.61. The molecule has 2 aromatic carbocycles. The van der Waals surface area contributed by atoms with Crippen LogP contribution in [0.25, 0.3) is 16.6 Å². The van der Waals surface area contributed by atoms with Crippen molar-refractivity contribution in [2.75, 3.05) is 0 Å². The van der Waals surface area contributed by atoms with Crippen LogP contribution in [-0.2, 0) is 0 Å². The van der Waals surface area contributed by atoms with Gasteiger partial charge in [-0.15, -0.1) is 0 Å². The number of para-hydroxylation sites is 2. The van der Waals surface area contributed by atoms with Crippen LogP contribution >= 0.6 is 0 Å². The van der Waals surface area contributed by atoms with E-state index in [9.17, 15) is 14.7 Å². The van der Waals surface area contributed by atoms with Gasteiger partial charge in [0, 0.05) is 0 Å². The van der Waals surface area contributed by atoms with Crippen LogP contribution in [0, 0.1) is 0 Å². The summed E-state index contributed by atoms with van der Waals surface area (Å²) in [6.07, 6.45) is 1.35. The summed E-state index contributed by atoms with van der Waals surface area (Å²) in [5.74, 6) is -1.02. The highest BCUT2D eigenvalue weighted by Crippen LogP contribution is 2.18. The Balaban J connectivity index is 2.40. The molecule has 3 aromatic rings. The van der Waals surface area contributed by atoms with E-state index in [-0.39, 0.29) is 11.1 Å². The summed E-state index contributed by atoms with van der Waals surface area (Å²) in [6, 6.07) is 13.6. The summed E-state index contributed by atoms with van der Waals surface area (Å²) in [5.41, 5.74) is 0.928. The number of hydrogen-bond acceptors (Lipinski definition) is 3. The van der Waals surface area contributed by atoms with Gasteiger partial charge >= 0.3 is 5.97 Å². The molecule has 0 saturated heterocycles. The molecule has 0 aliphatic heterocycles. The van der Waals surface area contributed by atoms with Gasteiger partial charge in [-0.05, 0) is 24.3 Å². The summed E-state index contributed by atoms with van der Waals surface area (Å²) in [4.78, 5) is 26.8. The van der Waals surface area contributed by atoms with Gasteiger partial charge in [0.2, 0.25) is 0 Å². The number of benzene rings is 2. The Bertz CT molecular complexity index is 868. The number of fused-ring (bicyclic) bond motifs is 1. The van der Waals surface area contributed by atoms with Gasteiger partial charge in [0.15, 0.2) is 0 Å². The molecule has 1 N–H and O–H groups in total. The highest BCUT2D eigenvalue weighted by molar-refractivity contribution is 5.93. The van der Waals surface area contributed by atoms with Crippen LogP contribution in [0.1, 0.15) is 10.4 Å². The van der Waals surface area contributed by atoms with Gasteiger partial charge in [0.05, 0.1) is 22.2 Å². The second kappa shape index (κ2) is 4.62. The van der Waals surface area contributed by atoms with Crippen molar-refractivity contribution < 1.29 is 9.90 Å². The number of aromatic carboxylic acids is 1. The normalized spacial score (nSPS) is 10.6. The largest absolute Gasteiger partial charge is 0.478 e. The van der Waals surface area contributed by atoms with Gasteiger partial charge in [0.25, 0.3) is 5.56 Å². The van der Waals surface area contributed by atoms with E-state index in [1.165, 1.54) is 12.4 Å². The number of rotatable bonds is 2. The highest BCUT2D eigenvalue weighted by Gasteiger charge is 2.12. The zero-order valence-corrected chi connectivity index (χ0v) is 10.4. The molecular formula is C15H10N2O3. The van der Waals surface area contributed by atoms with E-state index in [2.05, 4.69) is 4.98 Å². The first-order chi connectivity index (χ1) is 9.68. The fourth-order valence-corrected chi connectivity index (χ4v) is 2.16. The van der Waals surface area contributed by atoms with Crippen molar-refractivity contribution in [2.24, 2.45) is 0 Å². The van der Waals surface area contributed by atoms with Crippen LogP contribution in [0.2, 0.25) is 0 Å². The molecule has 0 fully saturated rings. The van der Waals surface area contributed by atoms with Crippen molar-refractivity contribution in [2.45, 2.75) is 0 Å². The third-order valence-electron chi connectivity index (χ3n) is 3.08. The SMILES string of the molecule is O=C(O)c1ccccc1-n1cnc(=O)c2ccccc21. The lowest BCUT2D eigenvalue weighted by atomic mass is 10.1. The molecule has 0 saturated carbocycles. The van der Waals surface area contributed by atoms with Gasteiger partial charge in [-0.25, -0.2) is 4.79 Å². The zero-order valence-electron chi connectivity index (χ0n) is 10.4. The predicted octanol–water partition coefficient (Wildman–Crippen LogP) is 2.08. The van der Waals surface area contributed by atoms with E-state index in [0.717, 1.165) is 0 Å². The number of aromatic nitrogens is 2. The molecule has 0 spiro atoms. The van der Waals surface area contributed by atoms with Gasteiger partial charge in [-0.1, -0.05) is 24.3 Å². The minimum Gasteiger partial charge on any atom is -0.478 e. The van der Waals surface area contributed by atoms with E-state index in [1.54, 1.807) is 47.0 Å². The number of carbonyl (C=O) groups is 1. The fraction of sp³-hybridized carbons (Fsp3) is 0. The van der Waals surface area contributed by atoms with E-state index < -0.39 is 5.97 Å². The lowest BCUT2D eigenvalue weighted by Gasteiger charge is -2.12. The highest BCUT2D eigenvalue weighted by atomic mass is 16.4. The third kappa shape index (κ3) is 1.85.